The lowest BCUT2D eigenvalue weighted by atomic mass is 10.2. The summed E-state index contributed by atoms with van der Waals surface area (Å²) in [5.41, 5.74) is 2.31. The molecule has 8 nitrogen and oxygen atoms in total. The van der Waals surface area contributed by atoms with Gasteiger partial charge in [-0.2, -0.15) is 0 Å². The molecule has 4 N–H and O–H groups in total. The van der Waals surface area contributed by atoms with E-state index in [1.54, 1.807) is 6.07 Å². The Morgan fingerprint density at radius 3 is 2.73 bits per heavy atom. The number of carboxylic acid groups (broad SMARTS) is 1. The van der Waals surface area contributed by atoms with E-state index in [1.807, 2.05) is 13.0 Å². The van der Waals surface area contributed by atoms with Crippen molar-refractivity contribution in [2.24, 2.45) is 0 Å². The molecule has 2 atom stereocenters. The second-order valence-corrected chi connectivity index (χ2v) is 7.67. The first-order valence-electron chi connectivity index (χ1n) is 8.08. The molecule has 0 amide bonds. The highest BCUT2D eigenvalue weighted by Gasteiger charge is 2.26. The molecule has 0 saturated heterocycles. The number of aromatic hydroxyl groups is 1. The molecule has 138 valence electrons. The number of rotatable bonds is 7. The molecule has 0 bridgehead atoms. The van der Waals surface area contributed by atoms with Gasteiger partial charge < -0.3 is 20.6 Å². The molecule has 26 heavy (non-hydrogen) atoms. The number of aromatic nitrogens is 2. The van der Waals surface area contributed by atoms with Crippen LogP contribution in [0.3, 0.4) is 0 Å². The first-order valence-corrected chi connectivity index (χ1v) is 9.40. The van der Waals surface area contributed by atoms with E-state index in [1.165, 1.54) is 12.1 Å². The van der Waals surface area contributed by atoms with Gasteiger partial charge in [-0.1, -0.05) is 0 Å². The van der Waals surface area contributed by atoms with Crippen LogP contribution in [-0.4, -0.2) is 47.3 Å². The molecular formula is C17H19N3O5S. The minimum atomic E-state index is -1.88. The van der Waals surface area contributed by atoms with Crippen LogP contribution in [0.1, 0.15) is 30.1 Å². The first-order chi connectivity index (χ1) is 12.3. The van der Waals surface area contributed by atoms with Crippen LogP contribution in [0.15, 0.2) is 29.2 Å². The fourth-order valence-corrected chi connectivity index (χ4v) is 3.61. The van der Waals surface area contributed by atoms with Crippen LogP contribution in [0, 0.1) is 6.92 Å². The molecule has 1 aliphatic carbocycles. The van der Waals surface area contributed by atoms with E-state index in [4.69, 9.17) is 5.11 Å². The van der Waals surface area contributed by atoms with Crippen molar-refractivity contribution < 1.29 is 24.3 Å². The number of aryl methyl sites for hydroxylation is 1. The fraction of sp³-hybridized carbons (Fsp3) is 0.353. The van der Waals surface area contributed by atoms with E-state index in [9.17, 15) is 19.2 Å². The van der Waals surface area contributed by atoms with E-state index in [0.29, 0.717) is 17.6 Å². The van der Waals surface area contributed by atoms with Gasteiger partial charge in [0.1, 0.15) is 5.75 Å². The summed E-state index contributed by atoms with van der Waals surface area (Å²) >= 11 is 0. The summed E-state index contributed by atoms with van der Waals surface area (Å²) in [5, 5.41) is 31.0. The molecule has 0 aliphatic heterocycles. The number of aliphatic carboxylic acids is 1. The lowest BCUT2D eigenvalue weighted by molar-refractivity contribution is -0.145. The number of aliphatic hydroxyl groups is 1. The molecule has 1 saturated carbocycles. The van der Waals surface area contributed by atoms with Gasteiger partial charge in [-0.3, -0.25) is 4.21 Å². The lowest BCUT2D eigenvalue weighted by Crippen LogP contribution is -2.26. The zero-order chi connectivity index (χ0) is 18.8. The fourth-order valence-electron chi connectivity index (χ4n) is 2.44. The summed E-state index contributed by atoms with van der Waals surface area (Å²) in [6, 6.07) is 6.31. The molecule has 1 heterocycles. The Hall–Kier alpha value is -2.52. The Labute approximate surface area is 152 Å². The minimum absolute atomic E-state index is 0.0327. The van der Waals surface area contributed by atoms with Gasteiger partial charge in [0.15, 0.2) is 6.10 Å². The van der Waals surface area contributed by atoms with Crippen molar-refractivity contribution in [1.82, 2.24) is 9.97 Å². The summed E-state index contributed by atoms with van der Waals surface area (Å²) in [4.78, 5) is 19.6. The zero-order valence-corrected chi connectivity index (χ0v) is 14.9. The number of phenols is 1. The van der Waals surface area contributed by atoms with Crippen molar-refractivity contribution in [3.05, 3.63) is 35.7 Å². The van der Waals surface area contributed by atoms with Gasteiger partial charge in [0, 0.05) is 23.0 Å². The number of hydrogen-bond donors (Lipinski definition) is 4. The molecule has 0 radical (unpaired) electrons. The number of anilines is 2. The molecule has 0 spiro atoms. The Balaban J connectivity index is 1.81. The number of benzene rings is 1. The molecule has 1 aromatic carbocycles. The van der Waals surface area contributed by atoms with E-state index < -0.39 is 28.6 Å². The average molecular weight is 377 g/mol. The largest absolute Gasteiger partial charge is 0.507 e. The predicted molar refractivity (Wildman–Crippen MR) is 95.1 cm³/mol. The normalized spacial score (nSPS) is 16.1. The van der Waals surface area contributed by atoms with Crippen molar-refractivity contribution in [1.29, 1.82) is 0 Å². The highest BCUT2D eigenvalue weighted by Crippen LogP contribution is 2.39. The van der Waals surface area contributed by atoms with E-state index in [-0.39, 0.29) is 10.6 Å². The molecule has 1 fully saturated rings. The van der Waals surface area contributed by atoms with Crippen LogP contribution >= 0.6 is 0 Å². The van der Waals surface area contributed by atoms with Gasteiger partial charge in [0.2, 0.25) is 5.95 Å². The monoisotopic (exact) mass is 377 g/mol. The maximum atomic E-state index is 12.3. The quantitative estimate of drug-likeness (QED) is 0.536. The van der Waals surface area contributed by atoms with Crippen LogP contribution in [0.2, 0.25) is 0 Å². The highest BCUT2D eigenvalue weighted by atomic mass is 32.2. The number of nitrogens with one attached hydrogen (secondary N) is 1. The second-order valence-electron chi connectivity index (χ2n) is 6.21. The number of hydrogen-bond acceptors (Lipinski definition) is 7. The molecule has 2 unspecified atom stereocenters. The summed E-state index contributed by atoms with van der Waals surface area (Å²) in [7, 11) is -1.88. The lowest BCUT2D eigenvalue weighted by Gasteiger charge is -2.11. The van der Waals surface area contributed by atoms with Gasteiger partial charge in [-0.25, -0.2) is 14.8 Å². The number of aliphatic hydroxyl groups excluding tert-OH is 1. The maximum Gasteiger partial charge on any atom is 0.333 e. The molecule has 1 aliphatic rings. The van der Waals surface area contributed by atoms with Crippen LogP contribution in [0.5, 0.6) is 5.75 Å². The zero-order valence-electron chi connectivity index (χ0n) is 14.0. The van der Waals surface area contributed by atoms with E-state index in [2.05, 4.69) is 15.3 Å². The standard InChI is InChI=1S/C17H19N3O5S/c1-9-6-12(10-2-3-10)20-17(18-9)19-11-4-5-13(21)15(7-11)26(25)8-14(22)16(23)24/h4-7,10,14,21-22H,2-3,8H2,1H3,(H,23,24)(H,18,19,20). The molecule has 9 heteroatoms. The molecule has 1 aromatic heterocycles. The predicted octanol–water partition coefficient (Wildman–Crippen LogP) is 1.66. The molecule has 3 rings (SSSR count). The van der Waals surface area contributed by atoms with Gasteiger partial charge >= 0.3 is 5.97 Å². The Bertz CT molecular complexity index is 869. The Morgan fingerprint density at radius 1 is 1.35 bits per heavy atom. The Morgan fingerprint density at radius 2 is 2.08 bits per heavy atom. The van der Waals surface area contributed by atoms with Crippen molar-refractivity contribution in [3.63, 3.8) is 0 Å². The van der Waals surface area contributed by atoms with E-state index >= 15 is 0 Å². The first kappa shape index (κ1) is 18.3. The van der Waals surface area contributed by atoms with Crippen molar-refractivity contribution in [3.8, 4) is 5.75 Å². The number of carboxylic acids is 1. The maximum absolute atomic E-state index is 12.3. The van der Waals surface area contributed by atoms with Crippen molar-refractivity contribution in [2.45, 2.75) is 36.7 Å². The summed E-state index contributed by atoms with van der Waals surface area (Å²) < 4.78 is 12.3. The van der Waals surface area contributed by atoms with Gasteiger partial charge in [0.05, 0.1) is 21.4 Å². The second kappa shape index (κ2) is 7.38. The number of phenolic OH excluding ortho intramolecular Hbond substituents is 1. The van der Waals surface area contributed by atoms with Gasteiger partial charge in [0.25, 0.3) is 0 Å². The topological polar surface area (TPSA) is 133 Å². The van der Waals surface area contributed by atoms with Gasteiger partial charge in [-0.15, -0.1) is 0 Å². The third kappa shape index (κ3) is 4.36. The molecule has 2 aromatic rings. The van der Waals surface area contributed by atoms with Crippen LogP contribution in [0.4, 0.5) is 11.6 Å². The third-order valence-electron chi connectivity index (χ3n) is 3.93. The smallest absolute Gasteiger partial charge is 0.333 e. The molecular weight excluding hydrogens is 358 g/mol. The number of nitrogens with zero attached hydrogens (tertiary/aromatic N) is 2. The van der Waals surface area contributed by atoms with Gasteiger partial charge in [-0.05, 0) is 44.0 Å². The van der Waals surface area contributed by atoms with Crippen LogP contribution in [0.25, 0.3) is 0 Å². The van der Waals surface area contributed by atoms with Crippen LogP contribution < -0.4 is 5.32 Å². The Kier molecular flexibility index (Phi) is 5.19. The highest BCUT2D eigenvalue weighted by molar-refractivity contribution is 7.85. The van der Waals surface area contributed by atoms with E-state index in [0.717, 1.165) is 24.2 Å². The average Bonchev–Trinajstić information content (AvgIpc) is 3.40. The summed E-state index contributed by atoms with van der Waals surface area (Å²) in [6.07, 6.45) is 0.460. The summed E-state index contributed by atoms with van der Waals surface area (Å²) in [6.45, 7) is 1.88. The van der Waals surface area contributed by atoms with Crippen LogP contribution in [-0.2, 0) is 15.6 Å². The minimum Gasteiger partial charge on any atom is -0.507 e. The third-order valence-corrected chi connectivity index (χ3v) is 5.36. The number of carbonyl (C=O) groups is 1. The van der Waals surface area contributed by atoms with Crippen molar-refractivity contribution >= 4 is 28.4 Å². The summed E-state index contributed by atoms with van der Waals surface area (Å²) in [5.74, 6) is -1.35. The van der Waals surface area contributed by atoms with Crippen molar-refractivity contribution in [2.75, 3.05) is 11.1 Å². The SMILES string of the molecule is Cc1cc(C2CC2)nc(Nc2ccc(O)c(S(=O)CC(O)C(=O)O)c2)n1.